The predicted octanol–water partition coefficient (Wildman–Crippen LogP) is 0.0582. The first-order valence-corrected chi connectivity index (χ1v) is 12.0. The summed E-state index contributed by atoms with van der Waals surface area (Å²) in [6.45, 7) is 11.2. The van der Waals surface area contributed by atoms with Crippen LogP contribution in [0.3, 0.4) is 0 Å². The number of carbonyl (C=O) groups excluding carboxylic acids is 1. The molecule has 1 amide bonds. The number of rotatable bonds is 8. The number of amides is 1. The smallest absolute Gasteiger partial charge is 0.256 e. The molecule has 202 valence electrons. The van der Waals surface area contributed by atoms with Gasteiger partial charge in [-0.2, -0.15) is 0 Å². The van der Waals surface area contributed by atoms with E-state index >= 15 is 0 Å². The Morgan fingerprint density at radius 3 is 2.49 bits per heavy atom. The minimum Gasteiger partial charge on any atom is -0.394 e. The lowest BCUT2D eigenvalue weighted by molar-refractivity contribution is -0.333. The van der Waals surface area contributed by atoms with Crippen molar-refractivity contribution in [2.24, 2.45) is 11.3 Å². The van der Waals surface area contributed by atoms with Crippen LogP contribution in [-0.2, 0) is 33.2 Å². The molecule has 0 aromatic carbocycles. The van der Waals surface area contributed by atoms with Crippen LogP contribution < -0.4 is 5.32 Å². The van der Waals surface area contributed by atoms with E-state index in [0.29, 0.717) is 0 Å². The molecule has 3 aliphatic rings. The molecule has 0 spiro atoms. The molecule has 0 radical (unpaired) electrons. The van der Waals surface area contributed by atoms with Crippen LogP contribution in [0.4, 0.5) is 0 Å². The molecular weight excluding hydrogens is 462 g/mol. The van der Waals surface area contributed by atoms with Gasteiger partial charge in [0.1, 0.15) is 19.0 Å². The summed E-state index contributed by atoms with van der Waals surface area (Å²) in [5.74, 6) is -2.30. The number of aliphatic hydroxyl groups is 3. The maximum atomic E-state index is 13.2. The van der Waals surface area contributed by atoms with Gasteiger partial charge in [0.2, 0.25) is 5.79 Å². The van der Waals surface area contributed by atoms with Crippen LogP contribution >= 0.6 is 0 Å². The Kier molecular flexibility index (Phi) is 8.99. The molecule has 0 saturated carbocycles. The van der Waals surface area contributed by atoms with Crippen molar-refractivity contribution in [3.8, 4) is 0 Å². The van der Waals surface area contributed by atoms with E-state index in [0.717, 1.165) is 5.57 Å². The van der Waals surface area contributed by atoms with Crippen LogP contribution in [-0.4, -0.2) is 104 Å². The Morgan fingerprint density at radius 1 is 1.23 bits per heavy atom. The first-order chi connectivity index (χ1) is 16.4. The molecule has 35 heavy (non-hydrogen) atoms. The molecule has 3 aliphatic heterocycles. The van der Waals surface area contributed by atoms with Gasteiger partial charge >= 0.3 is 0 Å². The molecule has 3 fully saturated rings. The molecule has 4 N–H and O–H groups in total. The number of methoxy groups -OCH3 is 2. The molecule has 0 aliphatic carbocycles. The van der Waals surface area contributed by atoms with E-state index in [4.69, 9.17) is 28.4 Å². The van der Waals surface area contributed by atoms with Crippen molar-refractivity contribution in [1.29, 1.82) is 0 Å². The van der Waals surface area contributed by atoms with Crippen molar-refractivity contribution in [1.82, 2.24) is 5.32 Å². The fraction of sp³-hybridized carbons (Fsp3) is 0.875. The van der Waals surface area contributed by atoms with Crippen molar-refractivity contribution in [3.63, 3.8) is 0 Å². The van der Waals surface area contributed by atoms with E-state index in [1.165, 1.54) is 7.11 Å². The topological polar surface area (TPSA) is 145 Å². The Labute approximate surface area is 206 Å². The minimum absolute atomic E-state index is 0.0456. The molecule has 11 nitrogen and oxygen atoms in total. The highest BCUT2D eigenvalue weighted by molar-refractivity contribution is 5.82. The zero-order valence-corrected chi connectivity index (χ0v) is 21.4. The summed E-state index contributed by atoms with van der Waals surface area (Å²) in [6.07, 6.45) is -6.03. The van der Waals surface area contributed by atoms with Crippen molar-refractivity contribution in [2.45, 2.75) is 95.3 Å². The molecule has 3 rings (SSSR count). The van der Waals surface area contributed by atoms with Crippen molar-refractivity contribution in [3.05, 3.63) is 12.2 Å². The van der Waals surface area contributed by atoms with Gasteiger partial charge in [-0.3, -0.25) is 4.79 Å². The lowest BCUT2D eigenvalue weighted by Crippen LogP contribution is -2.69. The average Bonchev–Trinajstić information content (AvgIpc) is 2.82. The Morgan fingerprint density at radius 2 is 1.91 bits per heavy atom. The van der Waals surface area contributed by atoms with Gasteiger partial charge in [0.25, 0.3) is 5.91 Å². The van der Waals surface area contributed by atoms with Crippen molar-refractivity contribution < 1.29 is 48.5 Å². The number of fused-ring (bicyclic) bond motifs is 1. The van der Waals surface area contributed by atoms with Crippen molar-refractivity contribution in [2.75, 3.05) is 27.6 Å². The third-order valence-electron chi connectivity index (χ3n) is 7.77. The Hall–Kier alpha value is -1.15. The maximum Gasteiger partial charge on any atom is 0.256 e. The molecule has 3 saturated heterocycles. The van der Waals surface area contributed by atoms with Gasteiger partial charge < -0.3 is 49.1 Å². The second-order valence-corrected chi connectivity index (χ2v) is 10.3. The van der Waals surface area contributed by atoms with E-state index in [9.17, 15) is 20.1 Å². The van der Waals surface area contributed by atoms with Crippen LogP contribution in [0.5, 0.6) is 0 Å². The maximum absolute atomic E-state index is 13.2. The second-order valence-electron chi connectivity index (χ2n) is 10.3. The third-order valence-corrected chi connectivity index (χ3v) is 7.77. The number of hydrogen-bond acceptors (Lipinski definition) is 10. The van der Waals surface area contributed by atoms with Crippen LogP contribution in [0.15, 0.2) is 12.2 Å². The summed E-state index contributed by atoms with van der Waals surface area (Å²) in [5, 5.41) is 33.1. The highest BCUT2D eigenvalue weighted by Crippen LogP contribution is 2.44. The van der Waals surface area contributed by atoms with E-state index in [1.54, 1.807) is 7.11 Å². The van der Waals surface area contributed by atoms with E-state index in [1.807, 2.05) is 27.7 Å². The van der Waals surface area contributed by atoms with E-state index in [-0.39, 0.29) is 31.7 Å². The van der Waals surface area contributed by atoms with Gasteiger partial charge in [-0.25, -0.2) is 0 Å². The zero-order chi connectivity index (χ0) is 26.1. The van der Waals surface area contributed by atoms with Crippen LogP contribution in [0.2, 0.25) is 0 Å². The van der Waals surface area contributed by atoms with Gasteiger partial charge in [-0.1, -0.05) is 32.9 Å². The number of carbonyl (C=O) groups is 1. The molecule has 1 unspecified atom stereocenters. The highest BCUT2D eigenvalue weighted by Gasteiger charge is 2.57. The van der Waals surface area contributed by atoms with Gasteiger partial charge in [-0.05, 0) is 6.92 Å². The summed E-state index contributed by atoms with van der Waals surface area (Å²) in [6, 6.07) is 0. The number of nitrogens with one attached hydrogen (secondary N) is 1. The summed E-state index contributed by atoms with van der Waals surface area (Å²) >= 11 is 0. The van der Waals surface area contributed by atoms with Crippen LogP contribution in [0.25, 0.3) is 0 Å². The van der Waals surface area contributed by atoms with E-state index in [2.05, 4.69) is 11.9 Å². The summed E-state index contributed by atoms with van der Waals surface area (Å²) < 4.78 is 35.0. The van der Waals surface area contributed by atoms with Gasteiger partial charge in [-0.15, -0.1) is 0 Å². The Bertz CT molecular complexity index is 763. The fourth-order valence-corrected chi connectivity index (χ4v) is 5.26. The lowest BCUT2D eigenvalue weighted by Gasteiger charge is -2.54. The number of hydrogen-bond donors (Lipinski definition) is 4. The minimum atomic E-state index is -1.67. The third kappa shape index (κ3) is 5.43. The fourth-order valence-electron chi connectivity index (χ4n) is 5.26. The molecule has 0 aromatic rings. The molecule has 10 atom stereocenters. The molecule has 11 heteroatoms. The Balaban J connectivity index is 1.79. The molecular formula is C24H41NO10. The highest BCUT2D eigenvalue weighted by atomic mass is 16.7. The zero-order valence-electron chi connectivity index (χ0n) is 21.4. The predicted molar refractivity (Wildman–Crippen MR) is 123 cm³/mol. The lowest BCUT2D eigenvalue weighted by atomic mass is 9.72. The standard InChI is InChI=1S/C24H41NO10/c1-12-9-24(31-7,35-14(3)13(12)2)19(28)21(29)25-22-18-17(32-11-33-22)20(30-6)23(4,5)16(34-18)8-15(27)10-26/h13-20,22,26-28H,1,8-11H2,2-7H3,(H,25,29)/t13-,14-,15+,16-,17+,18?,19+,20-,22+,24-/m1/s1. The van der Waals surface area contributed by atoms with Gasteiger partial charge in [0, 0.05) is 38.4 Å². The summed E-state index contributed by atoms with van der Waals surface area (Å²) in [7, 11) is 2.93. The number of ether oxygens (including phenoxy) is 6. The van der Waals surface area contributed by atoms with Crippen LogP contribution in [0, 0.1) is 11.3 Å². The monoisotopic (exact) mass is 503 g/mol. The van der Waals surface area contributed by atoms with Gasteiger partial charge in [0.05, 0.1) is 31.0 Å². The average molecular weight is 504 g/mol. The summed E-state index contributed by atoms with van der Waals surface area (Å²) in [5.41, 5.74) is 0.228. The normalized spacial score (nSPS) is 41.1. The van der Waals surface area contributed by atoms with E-state index < -0.39 is 66.6 Å². The molecule has 0 aromatic heterocycles. The second kappa shape index (κ2) is 11.1. The van der Waals surface area contributed by atoms with Crippen molar-refractivity contribution >= 4 is 5.91 Å². The SMILES string of the molecule is C=C1C[C@](OC)([C@@H](O)C(=O)N[C@H]2OCO[C@H]3C2O[C@H](C[C@H](O)CO)C(C)(C)[C@@H]3OC)O[C@H](C)[C@@H]1C. The molecule has 3 heterocycles. The number of aliphatic hydroxyl groups excluding tert-OH is 3. The quantitative estimate of drug-likeness (QED) is 0.336. The first kappa shape index (κ1) is 28.4. The summed E-state index contributed by atoms with van der Waals surface area (Å²) in [4.78, 5) is 13.2. The first-order valence-electron chi connectivity index (χ1n) is 12.0. The molecule has 0 bridgehead atoms. The largest absolute Gasteiger partial charge is 0.394 e. The van der Waals surface area contributed by atoms with Crippen LogP contribution in [0.1, 0.15) is 40.5 Å². The van der Waals surface area contributed by atoms with Gasteiger partial charge in [0.15, 0.2) is 12.3 Å².